The van der Waals surface area contributed by atoms with Crippen LogP contribution in [0.3, 0.4) is 0 Å². The van der Waals surface area contributed by atoms with E-state index < -0.39 is 0 Å². The molecule has 2 aromatic carbocycles. The molecule has 33 heavy (non-hydrogen) atoms. The van der Waals surface area contributed by atoms with Crippen molar-refractivity contribution in [3.63, 3.8) is 0 Å². The number of hydrogen-bond acceptors (Lipinski definition) is 6. The Kier molecular flexibility index (Phi) is 7.05. The number of rotatable bonds is 7. The monoisotopic (exact) mass is 475 g/mol. The van der Waals surface area contributed by atoms with Gasteiger partial charge in [0.1, 0.15) is 0 Å². The molecule has 0 spiro atoms. The third kappa shape index (κ3) is 5.77. The van der Waals surface area contributed by atoms with E-state index in [-0.39, 0.29) is 17.1 Å². The summed E-state index contributed by atoms with van der Waals surface area (Å²) in [6.07, 6.45) is 1.64. The van der Waals surface area contributed by atoms with Crippen LogP contribution < -0.4 is 5.43 Å². The average Bonchev–Trinajstić information content (AvgIpc) is 3.48. The maximum absolute atomic E-state index is 12.3. The summed E-state index contributed by atoms with van der Waals surface area (Å²) in [4.78, 5) is 13.3. The lowest BCUT2D eigenvalue weighted by Gasteiger charge is -2.19. The van der Waals surface area contributed by atoms with Gasteiger partial charge in [-0.25, -0.2) is 5.43 Å². The molecule has 0 unspecified atom stereocenters. The number of amides is 1. The van der Waals surface area contributed by atoms with Crippen molar-refractivity contribution in [3.8, 4) is 17.1 Å². The predicted octanol–water partition coefficient (Wildman–Crippen LogP) is 5.54. The summed E-state index contributed by atoms with van der Waals surface area (Å²) in [5.74, 6) is 0.710. The number of para-hydroxylation sites is 1. The molecule has 6 nitrogen and oxygen atoms in total. The van der Waals surface area contributed by atoms with Gasteiger partial charge in [0.15, 0.2) is 11.0 Å². The highest BCUT2D eigenvalue weighted by atomic mass is 32.2. The SMILES string of the molecule is CC(C)(C)c1ccc(-c2nnc(SCC(=O)N/N=C\c3cccs3)n2-c2ccccc2)cc1. The van der Waals surface area contributed by atoms with E-state index >= 15 is 0 Å². The topological polar surface area (TPSA) is 72.2 Å². The Morgan fingerprint density at radius 3 is 2.48 bits per heavy atom. The maximum atomic E-state index is 12.3. The van der Waals surface area contributed by atoms with Crippen LogP contribution in [0.4, 0.5) is 0 Å². The summed E-state index contributed by atoms with van der Waals surface area (Å²) in [5, 5.41) is 15.5. The molecule has 4 aromatic rings. The molecule has 0 atom stereocenters. The van der Waals surface area contributed by atoms with Gasteiger partial charge >= 0.3 is 0 Å². The van der Waals surface area contributed by atoms with E-state index in [1.807, 2.05) is 52.4 Å². The number of thiophene rings is 1. The molecule has 168 valence electrons. The van der Waals surface area contributed by atoms with Gasteiger partial charge in [0.2, 0.25) is 0 Å². The van der Waals surface area contributed by atoms with Crippen molar-refractivity contribution < 1.29 is 4.79 Å². The van der Waals surface area contributed by atoms with Crippen LogP contribution in [0.15, 0.2) is 82.4 Å². The van der Waals surface area contributed by atoms with Crippen molar-refractivity contribution in [2.45, 2.75) is 31.3 Å². The zero-order valence-electron chi connectivity index (χ0n) is 18.7. The molecule has 8 heteroatoms. The van der Waals surface area contributed by atoms with Crippen LogP contribution >= 0.6 is 23.1 Å². The van der Waals surface area contributed by atoms with E-state index in [2.05, 4.69) is 65.8 Å². The summed E-state index contributed by atoms with van der Waals surface area (Å²) in [6.45, 7) is 6.58. The van der Waals surface area contributed by atoms with E-state index in [4.69, 9.17) is 0 Å². The molecular formula is C25H25N5OS2. The first-order chi connectivity index (χ1) is 15.9. The van der Waals surface area contributed by atoms with Gasteiger partial charge in [-0.05, 0) is 34.6 Å². The fraction of sp³-hybridized carbons (Fsp3) is 0.200. The first-order valence-electron chi connectivity index (χ1n) is 10.5. The normalized spacial score (nSPS) is 11.7. The second kappa shape index (κ2) is 10.1. The van der Waals surface area contributed by atoms with Gasteiger partial charge in [0, 0.05) is 16.1 Å². The van der Waals surface area contributed by atoms with Crippen LogP contribution in [0.2, 0.25) is 0 Å². The smallest absolute Gasteiger partial charge is 0.250 e. The molecule has 0 aliphatic carbocycles. The first kappa shape index (κ1) is 22.9. The number of nitrogens with one attached hydrogen (secondary N) is 1. The minimum atomic E-state index is -0.202. The summed E-state index contributed by atoms with van der Waals surface area (Å²) in [7, 11) is 0. The summed E-state index contributed by atoms with van der Waals surface area (Å²) < 4.78 is 1.99. The Morgan fingerprint density at radius 2 is 1.82 bits per heavy atom. The fourth-order valence-electron chi connectivity index (χ4n) is 3.17. The highest BCUT2D eigenvalue weighted by Crippen LogP contribution is 2.30. The van der Waals surface area contributed by atoms with Crippen molar-refractivity contribution in [2.75, 3.05) is 5.75 Å². The van der Waals surface area contributed by atoms with Gasteiger partial charge in [0.25, 0.3) is 5.91 Å². The molecule has 0 saturated carbocycles. The van der Waals surface area contributed by atoms with Gasteiger partial charge in [-0.1, -0.05) is 81.1 Å². The molecule has 1 amide bonds. The van der Waals surface area contributed by atoms with E-state index in [0.29, 0.717) is 5.16 Å². The highest BCUT2D eigenvalue weighted by molar-refractivity contribution is 7.99. The molecule has 0 aliphatic heterocycles. The molecule has 0 fully saturated rings. The third-order valence-corrected chi connectivity index (χ3v) is 6.65. The predicted molar refractivity (Wildman–Crippen MR) is 136 cm³/mol. The number of carbonyl (C=O) groups excluding carboxylic acids is 1. The van der Waals surface area contributed by atoms with Crippen LogP contribution in [-0.2, 0) is 10.2 Å². The first-order valence-corrected chi connectivity index (χ1v) is 12.4. The number of nitrogens with zero attached hydrogens (tertiary/aromatic N) is 4. The Balaban J connectivity index is 1.55. The lowest BCUT2D eigenvalue weighted by molar-refractivity contribution is -0.118. The Hall–Kier alpha value is -3.23. The zero-order valence-corrected chi connectivity index (χ0v) is 20.4. The van der Waals surface area contributed by atoms with Crippen LogP contribution in [0.5, 0.6) is 0 Å². The van der Waals surface area contributed by atoms with Crippen molar-refractivity contribution in [1.82, 2.24) is 20.2 Å². The van der Waals surface area contributed by atoms with Crippen molar-refractivity contribution in [3.05, 3.63) is 82.6 Å². The number of thioether (sulfide) groups is 1. The molecule has 4 rings (SSSR count). The Bertz CT molecular complexity index is 1220. The van der Waals surface area contributed by atoms with Crippen molar-refractivity contribution in [2.24, 2.45) is 5.10 Å². The summed E-state index contributed by atoms with van der Waals surface area (Å²) in [6, 6.07) is 22.2. The molecule has 0 radical (unpaired) electrons. The van der Waals surface area contributed by atoms with E-state index in [1.165, 1.54) is 17.3 Å². The van der Waals surface area contributed by atoms with Crippen LogP contribution in [0.25, 0.3) is 17.1 Å². The van der Waals surface area contributed by atoms with E-state index in [9.17, 15) is 4.79 Å². The largest absolute Gasteiger partial charge is 0.272 e. The quantitative estimate of drug-likeness (QED) is 0.217. The summed E-state index contributed by atoms with van der Waals surface area (Å²) in [5.41, 5.74) is 5.81. The van der Waals surface area contributed by atoms with Crippen molar-refractivity contribution >= 4 is 35.2 Å². The number of hydrogen-bond donors (Lipinski definition) is 1. The minimum Gasteiger partial charge on any atom is -0.272 e. The second-order valence-corrected chi connectivity index (χ2v) is 10.3. The molecule has 2 heterocycles. The van der Waals surface area contributed by atoms with E-state index in [0.717, 1.165) is 22.0 Å². The number of carbonyl (C=O) groups is 1. The lowest BCUT2D eigenvalue weighted by atomic mass is 9.87. The molecular weight excluding hydrogens is 450 g/mol. The van der Waals surface area contributed by atoms with Crippen LogP contribution in [0, 0.1) is 0 Å². The highest BCUT2D eigenvalue weighted by Gasteiger charge is 2.19. The van der Waals surface area contributed by atoms with Crippen molar-refractivity contribution in [1.29, 1.82) is 0 Å². The molecule has 0 bridgehead atoms. The van der Waals surface area contributed by atoms with Gasteiger partial charge in [0.05, 0.1) is 12.0 Å². The van der Waals surface area contributed by atoms with E-state index in [1.54, 1.807) is 17.6 Å². The number of aromatic nitrogens is 3. The standard InChI is InChI=1S/C25H25N5OS2/c1-25(2,3)19-13-11-18(12-14-19)23-28-29-24(30(23)20-8-5-4-6-9-20)33-17-22(31)27-26-16-21-10-7-15-32-21/h4-16H,17H2,1-3H3,(H,27,31)/b26-16-. The molecule has 0 aliphatic rings. The Labute approximate surface area is 201 Å². The van der Waals surface area contributed by atoms with Crippen LogP contribution in [0.1, 0.15) is 31.2 Å². The van der Waals surface area contributed by atoms with Crippen LogP contribution in [-0.4, -0.2) is 32.6 Å². The fourth-order valence-corrected chi connectivity index (χ4v) is 4.50. The second-order valence-electron chi connectivity index (χ2n) is 8.40. The summed E-state index contributed by atoms with van der Waals surface area (Å²) >= 11 is 2.89. The molecule has 1 N–H and O–H groups in total. The molecule has 0 saturated heterocycles. The number of hydrazone groups is 1. The van der Waals surface area contributed by atoms with Gasteiger partial charge < -0.3 is 0 Å². The molecule has 2 aromatic heterocycles. The average molecular weight is 476 g/mol. The van der Waals surface area contributed by atoms with Gasteiger partial charge in [-0.15, -0.1) is 21.5 Å². The maximum Gasteiger partial charge on any atom is 0.250 e. The van der Waals surface area contributed by atoms with Gasteiger partial charge in [-0.2, -0.15) is 5.10 Å². The Morgan fingerprint density at radius 1 is 1.06 bits per heavy atom. The van der Waals surface area contributed by atoms with Gasteiger partial charge in [-0.3, -0.25) is 9.36 Å². The number of benzene rings is 2. The third-order valence-electron chi connectivity index (χ3n) is 4.91. The lowest BCUT2D eigenvalue weighted by Crippen LogP contribution is -2.19. The minimum absolute atomic E-state index is 0.0754. The zero-order chi connectivity index (χ0) is 23.3.